The molecule has 3 aromatic rings. The van der Waals surface area contributed by atoms with Gasteiger partial charge >= 0.3 is 0 Å². The maximum atomic E-state index is 12.9. The van der Waals surface area contributed by atoms with E-state index >= 15 is 0 Å². The van der Waals surface area contributed by atoms with Crippen molar-refractivity contribution in [3.8, 4) is 5.69 Å². The number of fused-ring (bicyclic) bond motifs is 1. The van der Waals surface area contributed by atoms with Crippen molar-refractivity contribution < 1.29 is 9.59 Å². The third kappa shape index (κ3) is 3.33. The molecule has 0 radical (unpaired) electrons. The maximum absolute atomic E-state index is 12.9. The van der Waals surface area contributed by atoms with Crippen LogP contribution in [0.2, 0.25) is 5.02 Å². The Morgan fingerprint density at radius 1 is 1.07 bits per heavy atom. The Balaban J connectivity index is 1.62. The van der Waals surface area contributed by atoms with Gasteiger partial charge in [0.1, 0.15) is 4.83 Å². The smallest absolute Gasteiger partial charge is 0.264 e. The second kappa shape index (κ2) is 6.98. The molecule has 0 N–H and O–H groups in total. The zero-order valence-electron chi connectivity index (χ0n) is 15.1. The van der Waals surface area contributed by atoms with Crippen LogP contribution in [0.5, 0.6) is 0 Å². The molecule has 1 aliphatic rings. The molecular formula is C19H19ClN4O2S. The highest BCUT2D eigenvalue weighted by Gasteiger charge is 2.25. The number of thiophene rings is 1. The van der Waals surface area contributed by atoms with E-state index in [1.807, 2.05) is 46.8 Å². The van der Waals surface area contributed by atoms with Gasteiger partial charge in [0.25, 0.3) is 5.91 Å². The van der Waals surface area contributed by atoms with E-state index in [2.05, 4.69) is 5.10 Å². The lowest BCUT2D eigenvalue weighted by Crippen LogP contribution is -2.49. The molecular weight excluding hydrogens is 384 g/mol. The Hall–Kier alpha value is -2.38. The largest absolute Gasteiger partial charge is 0.339 e. The van der Waals surface area contributed by atoms with E-state index in [1.54, 1.807) is 11.8 Å². The van der Waals surface area contributed by atoms with Crippen LogP contribution in [0, 0.1) is 6.92 Å². The van der Waals surface area contributed by atoms with Gasteiger partial charge in [-0.3, -0.25) is 9.59 Å². The molecule has 1 saturated heterocycles. The molecule has 27 heavy (non-hydrogen) atoms. The molecule has 8 heteroatoms. The van der Waals surface area contributed by atoms with E-state index in [0.717, 1.165) is 21.6 Å². The number of piperazine rings is 1. The molecule has 1 fully saturated rings. The van der Waals surface area contributed by atoms with E-state index in [4.69, 9.17) is 11.6 Å². The van der Waals surface area contributed by atoms with Crippen molar-refractivity contribution in [2.75, 3.05) is 26.2 Å². The highest BCUT2D eigenvalue weighted by molar-refractivity contribution is 7.20. The van der Waals surface area contributed by atoms with Crippen LogP contribution in [0.3, 0.4) is 0 Å². The Morgan fingerprint density at radius 3 is 2.33 bits per heavy atom. The average molecular weight is 403 g/mol. The third-order valence-corrected chi connectivity index (χ3v) is 6.19. The van der Waals surface area contributed by atoms with Gasteiger partial charge in [0, 0.05) is 43.5 Å². The first-order chi connectivity index (χ1) is 12.9. The lowest BCUT2D eigenvalue weighted by atomic mass is 10.2. The molecule has 0 aliphatic carbocycles. The number of carbonyl (C=O) groups excluding carboxylic acids is 2. The van der Waals surface area contributed by atoms with Crippen LogP contribution in [-0.2, 0) is 4.79 Å². The van der Waals surface area contributed by atoms with Gasteiger partial charge in [-0.2, -0.15) is 5.10 Å². The van der Waals surface area contributed by atoms with E-state index in [0.29, 0.717) is 36.1 Å². The number of hydrogen-bond acceptors (Lipinski definition) is 4. The van der Waals surface area contributed by atoms with Crippen molar-refractivity contribution >= 4 is 45.0 Å². The Kier molecular flexibility index (Phi) is 4.65. The van der Waals surface area contributed by atoms with Crippen molar-refractivity contribution in [1.29, 1.82) is 0 Å². The van der Waals surface area contributed by atoms with Crippen molar-refractivity contribution in [3.63, 3.8) is 0 Å². The quantitative estimate of drug-likeness (QED) is 0.660. The van der Waals surface area contributed by atoms with Crippen LogP contribution in [0.25, 0.3) is 15.9 Å². The van der Waals surface area contributed by atoms with Crippen LogP contribution in [0.1, 0.15) is 22.3 Å². The Labute approximate surface area is 165 Å². The minimum atomic E-state index is 0.0152. The van der Waals surface area contributed by atoms with Crippen LogP contribution in [0.15, 0.2) is 30.3 Å². The zero-order chi connectivity index (χ0) is 19.1. The number of benzene rings is 1. The van der Waals surface area contributed by atoms with Crippen LogP contribution >= 0.6 is 22.9 Å². The highest BCUT2D eigenvalue weighted by atomic mass is 35.5. The van der Waals surface area contributed by atoms with Gasteiger partial charge in [0.05, 0.1) is 16.3 Å². The summed E-state index contributed by atoms with van der Waals surface area (Å²) in [5.41, 5.74) is 1.80. The fourth-order valence-corrected chi connectivity index (χ4v) is 4.57. The summed E-state index contributed by atoms with van der Waals surface area (Å²) in [6, 6.07) is 9.41. The minimum Gasteiger partial charge on any atom is -0.339 e. The van der Waals surface area contributed by atoms with Crippen molar-refractivity contribution in [1.82, 2.24) is 19.6 Å². The maximum Gasteiger partial charge on any atom is 0.264 e. The molecule has 1 aromatic carbocycles. The summed E-state index contributed by atoms with van der Waals surface area (Å²) >= 11 is 7.43. The third-order valence-electron chi connectivity index (χ3n) is 4.84. The highest BCUT2D eigenvalue weighted by Crippen LogP contribution is 2.31. The normalized spacial score (nSPS) is 14.8. The van der Waals surface area contributed by atoms with Gasteiger partial charge in [-0.05, 0) is 37.3 Å². The second-order valence-corrected chi connectivity index (χ2v) is 8.07. The predicted molar refractivity (Wildman–Crippen MR) is 107 cm³/mol. The van der Waals surface area contributed by atoms with Crippen LogP contribution < -0.4 is 0 Å². The number of aromatic nitrogens is 2. The van der Waals surface area contributed by atoms with Crippen molar-refractivity contribution in [2.45, 2.75) is 13.8 Å². The molecule has 2 aromatic heterocycles. The molecule has 4 rings (SSSR count). The standard InChI is InChI=1S/C19H19ClN4O2S/c1-12-16-11-17(18(26)23-9-7-22(8-10-23)13(2)25)27-19(16)24(21-12)15-5-3-14(20)4-6-15/h3-6,11H,7-10H2,1-2H3. The average Bonchev–Trinajstić information content (AvgIpc) is 3.23. The predicted octanol–water partition coefficient (Wildman–Crippen LogP) is 3.35. The Morgan fingerprint density at radius 2 is 1.70 bits per heavy atom. The van der Waals surface area contributed by atoms with Gasteiger partial charge in [-0.15, -0.1) is 11.3 Å². The SMILES string of the molecule is CC(=O)N1CCN(C(=O)c2cc3c(C)nn(-c4ccc(Cl)cc4)c3s2)CC1. The summed E-state index contributed by atoms with van der Waals surface area (Å²) in [5, 5.41) is 6.27. The van der Waals surface area contributed by atoms with E-state index in [9.17, 15) is 9.59 Å². The van der Waals surface area contributed by atoms with Gasteiger partial charge in [-0.25, -0.2) is 4.68 Å². The summed E-state index contributed by atoms with van der Waals surface area (Å²) in [4.78, 5) is 29.6. The fourth-order valence-electron chi connectivity index (χ4n) is 3.29. The van der Waals surface area contributed by atoms with E-state index in [-0.39, 0.29) is 11.8 Å². The summed E-state index contributed by atoms with van der Waals surface area (Å²) < 4.78 is 1.86. The van der Waals surface area contributed by atoms with Gasteiger partial charge in [-0.1, -0.05) is 11.6 Å². The van der Waals surface area contributed by atoms with Gasteiger partial charge in [0.2, 0.25) is 5.91 Å². The van der Waals surface area contributed by atoms with E-state index in [1.165, 1.54) is 11.3 Å². The molecule has 0 saturated carbocycles. The molecule has 0 bridgehead atoms. The topological polar surface area (TPSA) is 58.4 Å². The number of halogens is 1. The first-order valence-corrected chi connectivity index (χ1v) is 9.93. The number of amides is 2. The second-order valence-electron chi connectivity index (χ2n) is 6.60. The lowest BCUT2D eigenvalue weighted by Gasteiger charge is -2.33. The Bertz CT molecular complexity index is 1020. The molecule has 0 spiro atoms. The molecule has 6 nitrogen and oxygen atoms in total. The number of carbonyl (C=O) groups is 2. The van der Waals surface area contributed by atoms with Crippen molar-refractivity contribution in [3.05, 3.63) is 45.9 Å². The summed E-state index contributed by atoms with van der Waals surface area (Å²) in [7, 11) is 0. The lowest BCUT2D eigenvalue weighted by molar-refractivity contribution is -0.130. The number of nitrogens with zero attached hydrogens (tertiary/aromatic N) is 4. The van der Waals surface area contributed by atoms with E-state index < -0.39 is 0 Å². The van der Waals surface area contributed by atoms with Gasteiger partial charge < -0.3 is 9.80 Å². The zero-order valence-corrected chi connectivity index (χ0v) is 16.7. The van der Waals surface area contributed by atoms with Crippen LogP contribution in [0.4, 0.5) is 0 Å². The molecule has 1 aliphatic heterocycles. The summed E-state index contributed by atoms with van der Waals surface area (Å²) in [6.45, 7) is 5.81. The molecule has 3 heterocycles. The van der Waals surface area contributed by atoms with Crippen molar-refractivity contribution in [2.24, 2.45) is 0 Å². The summed E-state index contributed by atoms with van der Waals surface area (Å²) in [6.07, 6.45) is 0. The first kappa shape index (κ1) is 18.0. The summed E-state index contributed by atoms with van der Waals surface area (Å²) in [5.74, 6) is 0.0732. The number of aryl methyl sites for hydroxylation is 1. The van der Waals surface area contributed by atoms with Crippen LogP contribution in [-0.4, -0.2) is 57.6 Å². The first-order valence-electron chi connectivity index (χ1n) is 8.74. The monoisotopic (exact) mass is 402 g/mol. The minimum absolute atomic E-state index is 0.0152. The van der Waals surface area contributed by atoms with Gasteiger partial charge in [0.15, 0.2) is 0 Å². The fraction of sp³-hybridized carbons (Fsp3) is 0.316. The number of hydrogen-bond donors (Lipinski definition) is 0. The molecule has 2 amide bonds. The molecule has 0 atom stereocenters. The molecule has 0 unspecified atom stereocenters. The number of rotatable bonds is 2. The molecule has 140 valence electrons.